The number of nitrogen functional groups attached to an aromatic ring is 1. The molecule has 1 atom stereocenters. The molecule has 21 heavy (non-hydrogen) atoms. The number of hydrogen-bond donors (Lipinski definition) is 3. The van der Waals surface area contributed by atoms with Gasteiger partial charge in [0.15, 0.2) is 0 Å². The van der Waals surface area contributed by atoms with E-state index in [9.17, 15) is 4.79 Å². The minimum absolute atomic E-state index is 0.221. The number of carbonyl (C=O) groups is 1. The van der Waals surface area contributed by atoms with Crippen molar-refractivity contribution in [1.82, 2.24) is 15.6 Å². The number of nitrogens with zero attached hydrogens (tertiary/aromatic N) is 1. The van der Waals surface area contributed by atoms with Gasteiger partial charge in [-0.3, -0.25) is 4.98 Å². The fraction of sp³-hybridized carbons (Fsp3) is 0.600. The number of carbonyl (C=O) groups excluding carboxylic acids is 1. The Balaban J connectivity index is 0.000000262. The molecule has 1 aliphatic heterocycles. The van der Waals surface area contributed by atoms with Crippen LogP contribution in [0, 0.1) is 0 Å². The lowest BCUT2D eigenvalue weighted by Crippen LogP contribution is -2.47. The number of hydrogen-bond acceptors (Lipinski definition) is 5. The van der Waals surface area contributed by atoms with Gasteiger partial charge in [-0.25, -0.2) is 4.79 Å². The molecule has 0 unspecified atom stereocenters. The van der Waals surface area contributed by atoms with Crippen LogP contribution in [0.2, 0.25) is 0 Å². The quantitative estimate of drug-likeness (QED) is 0.736. The molecule has 118 valence electrons. The standard InChI is InChI=1S/C10H20N2O2.C5H6N2/c1-10(2,3)14-9(13)12-8-5-4-6-11-7-8;6-5-2-1-3-7-4-5/h8,11H,4-7H2,1-3H3,(H,12,13);1-4H,6H2/t8-;/m1./s1. The summed E-state index contributed by atoms with van der Waals surface area (Å²) < 4.78 is 5.16. The summed E-state index contributed by atoms with van der Waals surface area (Å²) >= 11 is 0. The van der Waals surface area contributed by atoms with Crippen molar-refractivity contribution in [2.45, 2.75) is 45.3 Å². The van der Waals surface area contributed by atoms with E-state index in [4.69, 9.17) is 10.5 Å². The first-order valence-corrected chi connectivity index (χ1v) is 7.22. The third kappa shape index (κ3) is 8.86. The van der Waals surface area contributed by atoms with Crippen LogP contribution in [0.15, 0.2) is 24.5 Å². The molecule has 1 aliphatic rings. The van der Waals surface area contributed by atoms with Crippen molar-refractivity contribution in [3.8, 4) is 0 Å². The summed E-state index contributed by atoms with van der Waals surface area (Å²) in [6.45, 7) is 7.49. The van der Waals surface area contributed by atoms with E-state index >= 15 is 0 Å². The van der Waals surface area contributed by atoms with Crippen LogP contribution in [-0.4, -0.2) is 35.8 Å². The summed E-state index contributed by atoms with van der Waals surface area (Å²) in [5, 5.41) is 6.08. The number of anilines is 1. The van der Waals surface area contributed by atoms with Gasteiger partial charge in [-0.15, -0.1) is 0 Å². The molecular weight excluding hydrogens is 268 g/mol. The van der Waals surface area contributed by atoms with Crippen LogP contribution in [-0.2, 0) is 4.74 Å². The highest BCUT2D eigenvalue weighted by molar-refractivity contribution is 5.68. The van der Waals surface area contributed by atoms with Crippen LogP contribution in [0.5, 0.6) is 0 Å². The summed E-state index contributed by atoms with van der Waals surface area (Å²) in [7, 11) is 0. The molecule has 2 rings (SSSR count). The molecule has 0 spiro atoms. The van der Waals surface area contributed by atoms with Gasteiger partial charge in [0.05, 0.1) is 5.69 Å². The van der Waals surface area contributed by atoms with E-state index in [-0.39, 0.29) is 12.1 Å². The number of pyridine rings is 1. The number of rotatable bonds is 1. The lowest BCUT2D eigenvalue weighted by molar-refractivity contribution is 0.0497. The maximum absolute atomic E-state index is 11.4. The number of ether oxygens (including phenoxy) is 1. The monoisotopic (exact) mass is 294 g/mol. The van der Waals surface area contributed by atoms with Gasteiger partial charge in [-0.2, -0.15) is 0 Å². The van der Waals surface area contributed by atoms with Crippen molar-refractivity contribution in [2.75, 3.05) is 18.8 Å². The molecule has 2 heterocycles. The molecule has 1 fully saturated rings. The fourth-order valence-corrected chi connectivity index (χ4v) is 1.83. The summed E-state index contributed by atoms with van der Waals surface area (Å²) in [6, 6.07) is 3.82. The maximum atomic E-state index is 11.4. The molecule has 6 nitrogen and oxygen atoms in total. The molecule has 4 N–H and O–H groups in total. The molecule has 1 aromatic rings. The Kier molecular flexibility index (Phi) is 6.94. The van der Waals surface area contributed by atoms with E-state index < -0.39 is 5.60 Å². The van der Waals surface area contributed by atoms with E-state index in [2.05, 4.69) is 15.6 Å². The molecule has 1 amide bonds. The summed E-state index contributed by atoms with van der Waals surface area (Å²) in [5.41, 5.74) is 5.60. The van der Waals surface area contributed by atoms with Gasteiger partial charge >= 0.3 is 6.09 Å². The Morgan fingerprint density at radius 1 is 1.52 bits per heavy atom. The highest BCUT2D eigenvalue weighted by Crippen LogP contribution is 2.08. The normalized spacial score (nSPS) is 18.1. The number of piperidine rings is 1. The van der Waals surface area contributed by atoms with Crippen molar-refractivity contribution < 1.29 is 9.53 Å². The second-order valence-corrected chi connectivity index (χ2v) is 5.98. The summed E-state index contributed by atoms with van der Waals surface area (Å²) in [5.74, 6) is 0. The van der Waals surface area contributed by atoms with Gasteiger partial charge in [0.1, 0.15) is 5.60 Å². The topological polar surface area (TPSA) is 89.3 Å². The minimum atomic E-state index is -0.411. The van der Waals surface area contributed by atoms with Crippen LogP contribution in [0.25, 0.3) is 0 Å². The number of amides is 1. The van der Waals surface area contributed by atoms with Crippen molar-refractivity contribution in [3.05, 3.63) is 24.5 Å². The van der Waals surface area contributed by atoms with E-state index in [1.54, 1.807) is 24.5 Å². The van der Waals surface area contributed by atoms with Gasteiger partial charge in [0.2, 0.25) is 0 Å². The van der Waals surface area contributed by atoms with Crippen molar-refractivity contribution in [1.29, 1.82) is 0 Å². The van der Waals surface area contributed by atoms with Crippen molar-refractivity contribution >= 4 is 11.8 Å². The number of nitrogens with two attached hydrogens (primary N) is 1. The van der Waals surface area contributed by atoms with Crippen molar-refractivity contribution in [2.24, 2.45) is 0 Å². The van der Waals surface area contributed by atoms with E-state index in [0.29, 0.717) is 5.69 Å². The Morgan fingerprint density at radius 3 is 2.71 bits per heavy atom. The molecule has 0 aromatic carbocycles. The molecule has 1 aromatic heterocycles. The predicted molar refractivity (Wildman–Crippen MR) is 83.9 cm³/mol. The lowest BCUT2D eigenvalue weighted by Gasteiger charge is -2.26. The van der Waals surface area contributed by atoms with Crippen LogP contribution in [0.4, 0.5) is 10.5 Å². The zero-order valence-electron chi connectivity index (χ0n) is 13.1. The second kappa shape index (κ2) is 8.46. The zero-order chi connectivity index (χ0) is 15.7. The first-order chi connectivity index (χ1) is 9.87. The molecular formula is C15H26N4O2. The van der Waals surface area contributed by atoms with Crippen LogP contribution in [0.1, 0.15) is 33.6 Å². The van der Waals surface area contributed by atoms with Gasteiger partial charge in [0.25, 0.3) is 0 Å². The molecule has 0 bridgehead atoms. The van der Waals surface area contributed by atoms with E-state index in [0.717, 1.165) is 25.9 Å². The smallest absolute Gasteiger partial charge is 0.407 e. The molecule has 1 saturated heterocycles. The summed E-state index contributed by atoms with van der Waals surface area (Å²) in [4.78, 5) is 15.1. The van der Waals surface area contributed by atoms with Gasteiger partial charge in [0, 0.05) is 25.0 Å². The summed E-state index contributed by atoms with van der Waals surface area (Å²) in [6.07, 6.45) is 5.13. The second-order valence-electron chi connectivity index (χ2n) is 5.98. The number of aromatic nitrogens is 1. The van der Waals surface area contributed by atoms with Crippen LogP contribution >= 0.6 is 0 Å². The number of alkyl carbamates (subject to hydrolysis) is 1. The first kappa shape index (κ1) is 17.2. The Labute approximate surface area is 126 Å². The van der Waals surface area contributed by atoms with Crippen LogP contribution in [0.3, 0.4) is 0 Å². The SMILES string of the molecule is CC(C)(C)OC(=O)N[C@@H]1CCCNC1.Nc1cccnc1. The largest absolute Gasteiger partial charge is 0.444 e. The maximum Gasteiger partial charge on any atom is 0.407 e. The van der Waals surface area contributed by atoms with Gasteiger partial charge in [-0.1, -0.05) is 0 Å². The highest BCUT2D eigenvalue weighted by atomic mass is 16.6. The Hall–Kier alpha value is -1.82. The zero-order valence-corrected chi connectivity index (χ0v) is 13.1. The average Bonchev–Trinajstić information content (AvgIpc) is 2.39. The highest BCUT2D eigenvalue weighted by Gasteiger charge is 2.20. The third-order valence-electron chi connectivity index (χ3n) is 2.70. The van der Waals surface area contributed by atoms with Crippen LogP contribution < -0.4 is 16.4 Å². The Bertz CT molecular complexity index is 411. The number of nitrogens with one attached hydrogen (secondary N) is 2. The van der Waals surface area contributed by atoms with E-state index in [1.807, 2.05) is 20.8 Å². The Morgan fingerprint density at radius 2 is 2.29 bits per heavy atom. The lowest BCUT2D eigenvalue weighted by atomic mass is 10.1. The average molecular weight is 294 g/mol. The fourth-order valence-electron chi connectivity index (χ4n) is 1.83. The molecule has 0 aliphatic carbocycles. The van der Waals surface area contributed by atoms with Gasteiger partial charge in [-0.05, 0) is 52.3 Å². The molecule has 6 heteroatoms. The van der Waals surface area contributed by atoms with Crippen molar-refractivity contribution in [3.63, 3.8) is 0 Å². The third-order valence-corrected chi connectivity index (χ3v) is 2.70. The van der Waals surface area contributed by atoms with E-state index in [1.165, 1.54) is 0 Å². The molecule has 0 saturated carbocycles. The minimum Gasteiger partial charge on any atom is -0.444 e. The van der Waals surface area contributed by atoms with Gasteiger partial charge < -0.3 is 21.1 Å². The molecule has 0 radical (unpaired) electrons. The first-order valence-electron chi connectivity index (χ1n) is 7.22. The predicted octanol–water partition coefficient (Wildman–Crippen LogP) is 1.93.